The Hall–Kier alpha value is -1.59. The van der Waals surface area contributed by atoms with Crippen molar-refractivity contribution in [2.75, 3.05) is 5.73 Å². The first-order valence-electron chi connectivity index (χ1n) is 4.58. The zero-order valence-corrected chi connectivity index (χ0v) is 9.64. The van der Waals surface area contributed by atoms with Gasteiger partial charge in [0.1, 0.15) is 5.65 Å². The highest BCUT2D eigenvalue weighted by atomic mass is 35.5. The summed E-state index contributed by atoms with van der Waals surface area (Å²) in [6, 6.07) is 1.87. The number of anilines is 1. The van der Waals surface area contributed by atoms with Gasteiger partial charge in [0, 0.05) is 28.7 Å². The summed E-state index contributed by atoms with van der Waals surface area (Å²) in [5, 5.41) is 4.03. The maximum atomic E-state index is 5.92. The molecule has 0 aliphatic carbocycles. The molecule has 0 atom stereocenters. The van der Waals surface area contributed by atoms with Gasteiger partial charge in [-0.15, -0.1) is 11.3 Å². The summed E-state index contributed by atoms with van der Waals surface area (Å²) >= 11 is 7.34. The van der Waals surface area contributed by atoms with Gasteiger partial charge in [-0.05, 0) is 6.07 Å². The zero-order valence-electron chi connectivity index (χ0n) is 8.07. The van der Waals surface area contributed by atoms with E-state index in [9.17, 15) is 0 Å². The molecule has 0 unspecified atom stereocenters. The number of aromatic nitrogens is 3. The Morgan fingerprint density at radius 1 is 1.44 bits per heavy atom. The number of H-pyrrole nitrogens is 1. The number of nitrogen functional groups attached to an aromatic ring is 1. The summed E-state index contributed by atoms with van der Waals surface area (Å²) in [6.45, 7) is 0. The Bertz CT molecular complexity index is 658. The van der Waals surface area contributed by atoms with Crippen molar-refractivity contribution in [1.29, 1.82) is 0 Å². The SMILES string of the molecule is Nc1nc(-c2c[nH]c3ncc(Cl)cc23)cs1. The van der Waals surface area contributed by atoms with Crippen LogP contribution in [0.5, 0.6) is 0 Å². The third-order valence-electron chi connectivity index (χ3n) is 2.30. The first kappa shape index (κ1) is 9.62. The standard InChI is InChI=1S/C10H7ClN4S/c11-5-1-6-7(3-14-9(6)13-2-5)8-4-16-10(12)15-8/h1-4H,(H2,12,15)(H,13,14). The molecule has 0 aliphatic rings. The first-order chi connectivity index (χ1) is 7.74. The second-order valence-corrected chi connectivity index (χ2v) is 4.65. The van der Waals surface area contributed by atoms with E-state index < -0.39 is 0 Å². The summed E-state index contributed by atoms with van der Waals surface area (Å²) in [4.78, 5) is 11.5. The fourth-order valence-corrected chi connectivity index (χ4v) is 2.32. The molecule has 0 saturated heterocycles. The number of thiazole rings is 1. The monoisotopic (exact) mass is 250 g/mol. The molecule has 3 heterocycles. The van der Waals surface area contributed by atoms with Gasteiger partial charge in [0.15, 0.2) is 5.13 Å². The average molecular weight is 251 g/mol. The van der Waals surface area contributed by atoms with E-state index in [1.54, 1.807) is 6.20 Å². The molecule has 0 amide bonds. The molecule has 0 saturated carbocycles. The Balaban J connectivity index is 2.27. The Morgan fingerprint density at radius 2 is 2.31 bits per heavy atom. The minimum Gasteiger partial charge on any atom is -0.375 e. The molecule has 0 bridgehead atoms. The Kier molecular flexibility index (Phi) is 2.08. The van der Waals surface area contributed by atoms with Crippen molar-refractivity contribution in [2.24, 2.45) is 0 Å². The van der Waals surface area contributed by atoms with Crippen LogP contribution in [0.15, 0.2) is 23.8 Å². The van der Waals surface area contributed by atoms with Crippen LogP contribution in [0.2, 0.25) is 5.02 Å². The van der Waals surface area contributed by atoms with Crippen molar-refractivity contribution in [3.63, 3.8) is 0 Å². The molecule has 3 aromatic rings. The zero-order chi connectivity index (χ0) is 11.1. The van der Waals surface area contributed by atoms with Crippen molar-refractivity contribution in [3.8, 4) is 11.3 Å². The van der Waals surface area contributed by atoms with E-state index >= 15 is 0 Å². The quantitative estimate of drug-likeness (QED) is 0.698. The van der Waals surface area contributed by atoms with Gasteiger partial charge in [-0.2, -0.15) is 0 Å². The van der Waals surface area contributed by atoms with Crippen LogP contribution in [0.3, 0.4) is 0 Å². The molecule has 16 heavy (non-hydrogen) atoms. The van der Waals surface area contributed by atoms with E-state index in [1.807, 2.05) is 17.6 Å². The summed E-state index contributed by atoms with van der Waals surface area (Å²) in [6.07, 6.45) is 3.47. The topological polar surface area (TPSA) is 67.6 Å². The van der Waals surface area contributed by atoms with Gasteiger partial charge in [0.05, 0.1) is 10.7 Å². The molecule has 0 aromatic carbocycles. The largest absolute Gasteiger partial charge is 0.375 e. The maximum absolute atomic E-state index is 5.92. The van der Waals surface area contributed by atoms with Crippen LogP contribution in [-0.4, -0.2) is 15.0 Å². The number of fused-ring (bicyclic) bond motifs is 1. The fourth-order valence-electron chi connectivity index (χ4n) is 1.60. The number of pyridine rings is 1. The number of hydrogen-bond acceptors (Lipinski definition) is 4. The smallest absolute Gasteiger partial charge is 0.180 e. The van der Waals surface area contributed by atoms with Crippen LogP contribution in [-0.2, 0) is 0 Å². The normalized spacial score (nSPS) is 11.1. The number of nitrogens with two attached hydrogens (primary N) is 1. The predicted molar refractivity (Wildman–Crippen MR) is 66.6 cm³/mol. The number of nitrogens with zero attached hydrogens (tertiary/aromatic N) is 2. The van der Waals surface area contributed by atoms with Crippen LogP contribution >= 0.6 is 22.9 Å². The molecule has 0 spiro atoms. The number of rotatable bonds is 1. The number of hydrogen-bond donors (Lipinski definition) is 2. The first-order valence-corrected chi connectivity index (χ1v) is 5.84. The average Bonchev–Trinajstić information content (AvgIpc) is 2.83. The van der Waals surface area contributed by atoms with Gasteiger partial charge in [-0.25, -0.2) is 9.97 Å². The van der Waals surface area contributed by atoms with Crippen LogP contribution in [0.25, 0.3) is 22.3 Å². The van der Waals surface area contributed by atoms with Crippen molar-refractivity contribution >= 4 is 39.1 Å². The third kappa shape index (κ3) is 1.45. The van der Waals surface area contributed by atoms with Gasteiger partial charge >= 0.3 is 0 Å². The van der Waals surface area contributed by atoms with Crippen LogP contribution < -0.4 is 5.73 Å². The molecule has 3 aromatic heterocycles. The molecular weight excluding hydrogens is 244 g/mol. The highest BCUT2D eigenvalue weighted by molar-refractivity contribution is 7.13. The third-order valence-corrected chi connectivity index (χ3v) is 3.18. The van der Waals surface area contributed by atoms with Crippen molar-refractivity contribution < 1.29 is 0 Å². The second kappa shape index (κ2) is 3.47. The summed E-state index contributed by atoms with van der Waals surface area (Å²) in [7, 11) is 0. The molecule has 0 radical (unpaired) electrons. The van der Waals surface area contributed by atoms with Crippen molar-refractivity contribution in [1.82, 2.24) is 15.0 Å². The number of nitrogens with one attached hydrogen (secondary N) is 1. The lowest BCUT2D eigenvalue weighted by Gasteiger charge is -1.94. The van der Waals surface area contributed by atoms with E-state index in [2.05, 4.69) is 15.0 Å². The summed E-state index contributed by atoms with van der Waals surface area (Å²) in [5.74, 6) is 0. The van der Waals surface area contributed by atoms with Gasteiger partial charge in [0.2, 0.25) is 0 Å². The fraction of sp³-hybridized carbons (Fsp3) is 0. The lowest BCUT2D eigenvalue weighted by Crippen LogP contribution is -1.82. The predicted octanol–water partition coefficient (Wildman–Crippen LogP) is 2.92. The molecule has 0 fully saturated rings. The molecule has 80 valence electrons. The van der Waals surface area contributed by atoms with Gasteiger partial charge in [0.25, 0.3) is 0 Å². The second-order valence-electron chi connectivity index (χ2n) is 3.32. The number of aromatic amines is 1. The van der Waals surface area contributed by atoms with Crippen molar-refractivity contribution in [2.45, 2.75) is 0 Å². The van der Waals surface area contributed by atoms with Gasteiger partial charge in [-0.3, -0.25) is 0 Å². The van der Waals surface area contributed by atoms with Crippen molar-refractivity contribution in [3.05, 3.63) is 28.9 Å². The van der Waals surface area contributed by atoms with E-state index in [0.717, 1.165) is 22.3 Å². The van der Waals surface area contributed by atoms with E-state index in [0.29, 0.717) is 10.2 Å². The van der Waals surface area contributed by atoms with E-state index in [4.69, 9.17) is 17.3 Å². The highest BCUT2D eigenvalue weighted by Crippen LogP contribution is 2.30. The Morgan fingerprint density at radius 3 is 3.06 bits per heavy atom. The minimum atomic E-state index is 0.555. The van der Waals surface area contributed by atoms with Crippen LogP contribution in [0.1, 0.15) is 0 Å². The van der Waals surface area contributed by atoms with Gasteiger partial charge in [-0.1, -0.05) is 11.6 Å². The van der Waals surface area contributed by atoms with E-state index in [1.165, 1.54) is 11.3 Å². The van der Waals surface area contributed by atoms with Gasteiger partial charge < -0.3 is 10.7 Å². The molecule has 4 nitrogen and oxygen atoms in total. The minimum absolute atomic E-state index is 0.555. The number of halogens is 1. The lowest BCUT2D eigenvalue weighted by molar-refractivity contribution is 1.32. The Labute approximate surface area is 100 Å². The summed E-state index contributed by atoms with van der Waals surface area (Å²) in [5.41, 5.74) is 8.23. The lowest BCUT2D eigenvalue weighted by atomic mass is 10.2. The molecular formula is C10H7ClN4S. The molecule has 6 heteroatoms. The maximum Gasteiger partial charge on any atom is 0.180 e. The summed E-state index contributed by atoms with van der Waals surface area (Å²) < 4.78 is 0. The highest BCUT2D eigenvalue weighted by Gasteiger charge is 2.10. The van der Waals surface area contributed by atoms with Crippen LogP contribution in [0, 0.1) is 0 Å². The molecule has 3 rings (SSSR count). The van der Waals surface area contributed by atoms with E-state index in [-0.39, 0.29) is 0 Å². The van der Waals surface area contributed by atoms with Crippen LogP contribution in [0.4, 0.5) is 5.13 Å². The molecule has 0 aliphatic heterocycles. The molecule has 3 N–H and O–H groups in total.